The maximum atomic E-state index is 14.8. The Hall–Kier alpha value is -2.31. The predicted octanol–water partition coefficient (Wildman–Crippen LogP) is 6.04. The van der Waals surface area contributed by atoms with Crippen molar-refractivity contribution < 1.29 is 18.4 Å². The summed E-state index contributed by atoms with van der Waals surface area (Å²) in [7, 11) is 0. The zero-order chi connectivity index (χ0) is 25.5. The van der Waals surface area contributed by atoms with Crippen LogP contribution in [-0.4, -0.2) is 53.2 Å². The molecule has 2 aromatic carbocycles. The van der Waals surface area contributed by atoms with Gasteiger partial charge in [-0.3, -0.25) is 14.5 Å². The molecule has 2 unspecified atom stereocenters. The molecule has 4 rings (SSSR count). The van der Waals surface area contributed by atoms with E-state index < -0.39 is 17.6 Å². The van der Waals surface area contributed by atoms with Gasteiger partial charge in [-0.25, -0.2) is 8.78 Å². The van der Waals surface area contributed by atoms with Gasteiger partial charge in [0.05, 0.1) is 5.92 Å². The number of halogens is 3. The highest BCUT2D eigenvalue weighted by Gasteiger charge is 2.44. The molecule has 2 atom stereocenters. The van der Waals surface area contributed by atoms with Crippen molar-refractivity contribution in [3.63, 3.8) is 0 Å². The van der Waals surface area contributed by atoms with Crippen LogP contribution in [0.2, 0.25) is 5.02 Å². The van der Waals surface area contributed by atoms with E-state index in [4.69, 9.17) is 11.6 Å². The van der Waals surface area contributed by atoms with Crippen LogP contribution in [0.5, 0.6) is 0 Å². The van der Waals surface area contributed by atoms with Crippen LogP contribution < -0.4 is 0 Å². The van der Waals surface area contributed by atoms with Gasteiger partial charge in [0.1, 0.15) is 11.6 Å². The minimum Gasteiger partial charge on any atom is -0.342 e. The Morgan fingerprint density at radius 3 is 2.23 bits per heavy atom. The number of hydrogen-bond acceptors (Lipinski definition) is 3. The molecule has 1 amide bonds. The molecule has 35 heavy (non-hydrogen) atoms. The van der Waals surface area contributed by atoms with Gasteiger partial charge in [0.15, 0.2) is 5.78 Å². The average molecular weight is 503 g/mol. The van der Waals surface area contributed by atoms with Gasteiger partial charge in [-0.05, 0) is 75.8 Å². The second kappa shape index (κ2) is 9.98. The number of amides is 1. The number of rotatable bonds is 4. The van der Waals surface area contributed by atoms with Gasteiger partial charge in [-0.1, -0.05) is 23.7 Å². The zero-order valence-electron chi connectivity index (χ0n) is 20.8. The Balaban J connectivity index is 1.52. The van der Waals surface area contributed by atoms with Crippen molar-refractivity contribution in [3.8, 4) is 0 Å². The molecule has 2 aliphatic heterocycles. The molecule has 0 aromatic heterocycles. The lowest BCUT2D eigenvalue weighted by Gasteiger charge is -2.35. The molecular formula is C28H33ClF2N2O2. The van der Waals surface area contributed by atoms with E-state index in [1.807, 2.05) is 17.0 Å². The number of carbonyl (C=O) groups excluding carboxylic acids is 2. The summed E-state index contributed by atoms with van der Waals surface area (Å²) in [5.74, 6) is -1.76. The van der Waals surface area contributed by atoms with Crippen LogP contribution in [0.15, 0.2) is 36.4 Å². The monoisotopic (exact) mass is 502 g/mol. The molecule has 0 bridgehead atoms. The number of carbonyl (C=O) groups is 2. The Labute approximate surface area is 211 Å². The van der Waals surface area contributed by atoms with Crippen LogP contribution in [-0.2, 0) is 4.79 Å². The lowest BCUT2D eigenvalue weighted by atomic mass is 9.84. The van der Waals surface area contributed by atoms with Gasteiger partial charge in [-0.2, -0.15) is 0 Å². The number of piperidine rings is 1. The van der Waals surface area contributed by atoms with Gasteiger partial charge in [0, 0.05) is 54.3 Å². The van der Waals surface area contributed by atoms with Gasteiger partial charge in [-0.15, -0.1) is 0 Å². The van der Waals surface area contributed by atoms with Gasteiger partial charge in [0.25, 0.3) is 0 Å². The van der Waals surface area contributed by atoms with E-state index in [0.717, 1.165) is 24.5 Å². The molecular weight excluding hydrogens is 470 g/mol. The second-order valence-electron chi connectivity index (χ2n) is 10.8. The van der Waals surface area contributed by atoms with Crippen molar-refractivity contribution in [2.24, 2.45) is 5.92 Å². The first-order valence-electron chi connectivity index (χ1n) is 12.2. The van der Waals surface area contributed by atoms with E-state index in [2.05, 4.69) is 25.7 Å². The summed E-state index contributed by atoms with van der Waals surface area (Å²) < 4.78 is 28.3. The molecule has 2 fully saturated rings. The van der Waals surface area contributed by atoms with Crippen molar-refractivity contribution in [1.82, 2.24) is 9.80 Å². The largest absolute Gasteiger partial charge is 0.342 e. The van der Waals surface area contributed by atoms with Crippen molar-refractivity contribution in [2.75, 3.05) is 26.2 Å². The molecule has 0 N–H and O–H groups in total. The molecule has 2 aliphatic rings. The first kappa shape index (κ1) is 25.8. The van der Waals surface area contributed by atoms with Gasteiger partial charge < -0.3 is 4.90 Å². The highest BCUT2D eigenvalue weighted by atomic mass is 35.5. The molecule has 0 aliphatic carbocycles. The minimum absolute atomic E-state index is 0.0154. The van der Waals surface area contributed by atoms with Crippen LogP contribution in [0.1, 0.15) is 73.9 Å². The van der Waals surface area contributed by atoms with Crippen LogP contribution in [0, 0.1) is 17.6 Å². The second-order valence-corrected chi connectivity index (χ2v) is 11.3. The number of likely N-dealkylation sites (tertiary alicyclic amines) is 2. The highest BCUT2D eigenvalue weighted by molar-refractivity contribution is 6.31. The van der Waals surface area contributed by atoms with Crippen molar-refractivity contribution >= 4 is 23.3 Å². The number of benzene rings is 2. The van der Waals surface area contributed by atoms with E-state index in [1.165, 1.54) is 12.1 Å². The van der Waals surface area contributed by atoms with Crippen molar-refractivity contribution in [1.29, 1.82) is 0 Å². The van der Waals surface area contributed by atoms with Gasteiger partial charge >= 0.3 is 0 Å². The van der Waals surface area contributed by atoms with E-state index in [0.29, 0.717) is 42.3 Å². The topological polar surface area (TPSA) is 40.6 Å². The summed E-state index contributed by atoms with van der Waals surface area (Å²) in [6.45, 7) is 10.0. The summed E-state index contributed by atoms with van der Waals surface area (Å²) in [4.78, 5) is 30.0. The van der Waals surface area contributed by atoms with Gasteiger partial charge in [0.2, 0.25) is 5.91 Å². The summed E-state index contributed by atoms with van der Waals surface area (Å²) in [6.07, 6.45) is 1.50. The highest BCUT2D eigenvalue weighted by Crippen LogP contribution is 2.40. The Morgan fingerprint density at radius 2 is 1.63 bits per heavy atom. The SMILES string of the molecule is CC(=O)c1cc(Cl)ccc1C1CCN(C(=O)C2CN(C(C)(C)C)CC2c2ccc(F)cc2F)CC1. The summed E-state index contributed by atoms with van der Waals surface area (Å²) >= 11 is 6.11. The molecule has 2 heterocycles. The molecule has 0 spiro atoms. The molecule has 4 nitrogen and oxygen atoms in total. The number of hydrogen-bond donors (Lipinski definition) is 0. The maximum absolute atomic E-state index is 14.8. The van der Waals surface area contributed by atoms with Crippen LogP contribution >= 0.6 is 11.6 Å². The molecule has 2 aromatic rings. The lowest BCUT2D eigenvalue weighted by Crippen LogP contribution is -2.44. The molecule has 188 valence electrons. The first-order chi connectivity index (χ1) is 16.5. The molecule has 0 radical (unpaired) electrons. The molecule has 2 saturated heterocycles. The smallest absolute Gasteiger partial charge is 0.227 e. The standard InChI is InChI=1S/C28H33ClF2N2O2/c1-17(34)23-13-19(29)5-7-21(23)18-9-11-32(12-10-18)27(35)25-16-33(28(2,3)4)15-24(25)22-8-6-20(30)14-26(22)31/h5-8,13-14,18,24-25H,9-12,15-16H2,1-4H3. The maximum Gasteiger partial charge on any atom is 0.227 e. The van der Waals surface area contributed by atoms with Crippen LogP contribution in [0.3, 0.4) is 0 Å². The quantitative estimate of drug-likeness (QED) is 0.478. The minimum atomic E-state index is -0.617. The number of ketones is 1. The lowest BCUT2D eigenvalue weighted by molar-refractivity contribution is -0.136. The summed E-state index contributed by atoms with van der Waals surface area (Å²) in [5.41, 5.74) is 1.86. The van der Waals surface area contributed by atoms with E-state index >= 15 is 0 Å². The van der Waals surface area contributed by atoms with Crippen molar-refractivity contribution in [2.45, 2.75) is 57.9 Å². The Kier molecular flexibility index (Phi) is 7.35. The van der Waals surface area contributed by atoms with Crippen LogP contribution in [0.4, 0.5) is 8.78 Å². The zero-order valence-corrected chi connectivity index (χ0v) is 21.5. The normalized spacial score (nSPS) is 22.0. The average Bonchev–Trinajstić information content (AvgIpc) is 3.24. The fraction of sp³-hybridized carbons (Fsp3) is 0.500. The fourth-order valence-corrected chi connectivity index (χ4v) is 5.73. The van der Waals surface area contributed by atoms with Crippen molar-refractivity contribution in [3.05, 3.63) is 69.7 Å². The number of nitrogens with zero attached hydrogens (tertiary/aromatic N) is 2. The third kappa shape index (κ3) is 5.44. The summed E-state index contributed by atoms with van der Waals surface area (Å²) in [5, 5.41) is 0.537. The van der Waals surface area contributed by atoms with E-state index in [-0.39, 0.29) is 29.1 Å². The summed E-state index contributed by atoms with van der Waals surface area (Å²) in [6, 6.07) is 9.11. The van der Waals surface area contributed by atoms with E-state index in [9.17, 15) is 18.4 Å². The molecule has 0 saturated carbocycles. The Bertz CT molecular complexity index is 1120. The van der Waals surface area contributed by atoms with E-state index in [1.54, 1.807) is 13.0 Å². The Morgan fingerprint density at radius 1 is 0.971 bits per heavy atom. The molecule has 7 heteroatoms. The van der Waals surface area contributed by atoms with Crippen LogP contribution in [0.25, 0.3) is 0 Å². The number of Topliss-reactive ketones (excluding diaryl/α,β-unsaturated/α-hetero) is 1. The third-order valence-electron chi connectivity index (χ3n) is 7.59. The fourth-order valence-electron chi connectivity index (χ4n) is 5.55. The predicted molar refractivity (Wildman–Crippen MR) is 134 cm³/mol. The third-order valence-corrected chi connectivity index (χ3v) is 7.82. The first-order valence-corrected chi connectivity index (χ1v) is 12.6.